The highest BCUT2D eigenvalue weighted by atomic mass is 32.2. The lowest BCUT2D eigenvalue weighted by molar-refractivity contribution is -0.133. The molecule has 6 heteroatoms. The number of thioether (sulfide) groups is 1. The van der Waals surface area contributed by atoms with Crippen LogP contribution in [0.4, 0.5) is 0 Å². The largest absolute Gasteiger partial charge is 0.497 e. The molecular weight excluding hydrogens is 254 g/mol. The SMILES string of the molecule is COc1cccc(CNC(=O)CSCC(=O)O)c1. The first-order valence-corrected chi connectivity index (χ1v) is 6.46. The van der Waals surface area contributed by atoms with E-state index in [4.69, 9.17) is 9.84 Å². The lowest BCUT2D eigenvalue weighted by Gasteiger charge is -2.06. The second-order valence-corrected chi connectivity index (χ2v) is 4.50. The molecule has 0 aliphatic heterocycles. The Kier molecular flexibility index (Phi) is 6.07. The number of amides is 1. The minimum Gasteiger partial charge on any atom is -0.497 e. The Labute approximate surface area is 110 Å². The first kappa shape index (κ1) is 14.4. The van der Waals surface area contributed by atoms with Gasteiger partial charge in [0.1, 0.15) is 5.75 Å². The van der Waals surface area contributed by atoms with E-state index in [1.165, 1.54) is 0 Å². The molecule has 0 aliphatic carbocycles. The van der Waals surface area contributed by atoms with E-state index in [9.17, 15) is 9.59 Å². The minimum absolute atomic E-state index is 0.0629. The van der Waals surface area contributed by atoms with Gasteiger partial charge in [0, 0.05) is 6.54 Å². The zero-order chi connectivity index (χ0) is 13.4. The Morgan fingerprint density at radius 2 is 2.17 bits per heavy atom. The summed E-state index contributed by atoms with van der Waals surface area (Å²) in [7, 11) is 1.58. The quantitative estimate of drug-likeness (QED) is 0.776. The van der Waals surface area contributed by atoms with E-state index in [-0.39, 0.29) is 17.4 Å². The molecule has 0 bridgehead atoms. The van der Waals surface area contributed by atoms with Gasteiger partial charge in [-0.2, -0.15) is 0 Å². The van der Waals surface area contributed by atoms with Gasteiger partial charge in [-0.3, -0.25) is 9.59 Å². The number of benzene rings is 1. The maximum atomic E-state index is 11.4. The van der Waals surface area contributed by atoms with Gasteiger partial charge in [-0.05, 0) is 17.7 Å². The van der Waals surface area contributed by atoms with Gasteiger partial charge in [-0.1, -0.05) is 12.1 Å². The van der Waals surface area contributed by atoms with Crippen LogP contribution in [-0.4, -0.2) is 35.6 Å². The summed E-state index contributed by atoms with van der Waals surface area (Å²) in [5, 5.41) is 11.1. The van der Waals surface area contributed by atoms with Crippen LogP contribution in [0.3, 0.4) is 0 Å². The first-order valence-electron chi connectivity index (χ1n) is 5.31. The van der Waals surface area contributed by atoms with E-state index >= 15 is 0 Å². The van der Waals surface area contributed by atoms with Gasteiger partial charge in [0.25, 0.3) is 0 Å². The Morgan fingerprint density at radius 1 is 1.39 bits per heavy atom. The number of nitrogens with one attached hydrogen (secondary N) is 1. The molecule has 98 valence electrons. The average molecular weight is 269 g/mol. The van der Waals surface area contributed by atoms with Gasteiger partial charge >= 0.3 is 5.97 Å². The summed E-state index contributed by atoms with van der Waals surface area (Å²) in [6.45, 7) is 0.406. The van der Waals surface area contributed by atoms with Crippen LogP contribution >= 0.6 is 11.8 Å². The summed E-state index contributed by atoms with van der Waals surface area (Å²) >= 11 is 1.08. The van der Waals surface area contributed by atoms with E-state index < -0.39 is 5.97 Å². The third kappa shape index (κ3) is 5.58. The number of carboxylic acid groups (broad SMARTS) is 1. The Balaban J connectivity index is 2.31. The lowest BCUT2D eigenvalue weighted by atomic mass is 10.2. The van der Waals surface area contributed by atoms with Gasteiger partial charge in [0.2, 0.25) is 5.91 Å². The molecule has 0 saturated heterocycles. The van der Waals surface area contributed by atoms with Crippen molar-refractivity contribution in [1.82, 2.24) is 5.32 Å². The van der Waals surface area contributed by atoms with Crippen molar-refractivity contribution in [3.8, 4) is 5.75 Å². The fraction of sp³-hybridized carbons (Fsp3) is 0.333. The van der Waals surface area contributed by atoms with E-state index in [0.29, 0.717) is 6.54 Å². The molecular formula is C12H15NO4S. The standard InChI is InChI=1S/C12H15NO4S/c1-17-10-4-2-3-9(5-10)6-13-11(14)7-18-8-12(15)16/h2-5H,6-8H2,1H3,(H,13,14)(H,15,16). The second-order valence-electron chi connectivity index (χ2n) is 3.51. The number of methoxy groups -OCH3 is 1. The summed E-state index contributed by atoms with van der Waals surface area (Å²) in [5.41, 5.74) is 0.936. The van der Waals surface area contributed by atoms with Gasteiger partial charge in [-0.15, -0.1) is 11.8 Å². The lowest BCUT2D eigenvalue weighted by Crippen LogP contribution is -2.25. The summed E-state index contributed by atoms with van der Waals surface area (Å²) in [5.74, 6) is -0.269. The van der Waals surface area contributed by atoms with Gasteiger partial charge in [0.05, 0.1) is 18.6 Å². The number of carbonyl (C=O) groups is 2. The van der Waals surface area contributed by atoms with E-state index in [1.54, 1.807) is 7.11 Å². The number of carboxylic acids is 1. The number of ether oxygens (including phenoxy) is 1. The fourth-order valence-electron chi connectivity index (χ4n) is 1.27. The zero-order valence-electron chi connectivity index (χ0n) is 10.0. The van der Waals surface area contributed by atoms with Gasteiger partial charge in [-0.25, -0.2) is 0 Å². The molecule has 1 rings (SSSR count). The van der Waals surface area contributed by atoms with Crippen LogP contribution < -0.4 is 10.1 Å². The molecule has 0 aliphatic rings. The molecule has 1 amide bonds. The highest BCUT2D eigenvalue weighted by Gasteiger charge is 2.04. The first-order chi connectivity index (χ1) is 8.61. The number of hydrogen-bond acceptors (Lipinski definition) is 4. The zero-order valence-corrected chi connectivity index (χ0v) is 10.8. The summed E-state index contributed by atoms with van der Waals surface area (Å²) in [4.78, 5) is 21.7. The van der Waals surface area contributed by atoms with Crippen molar-refractivity contribution in [3.05, 3.63) is 29.8 Å². The normalized spacial score (nSPS) is 9.83. The molecule has 1 aromatic rings. The predicted molar refractivity (Wildman–Crippen MR) is 69.8 cm³/mol. The Hall–Kier alpha value is -1.69. The van der Waals surface area contributed by atoms with Crippen molar-refractivity contribution in [2.45, 2.75) is 6.54 Å². The van der Waals surface area contributed by atoms with E-state index in [0.717, 1.165) is 23.1 Å². The van der Waals surface area contributed by atoms with Gasteiger partial charge in [0.15, 0.2) is 0 Å². The fourth-order valence-corrected chi connectivity index (χ4v) is 1.83. The second kappa shape index (κ2) is 7.60. The molecule has 1 aromatic carbocycles. The van der Waals surface area contributed by atoms with Crippen molar-refractivity contribution >= 4 is 23.6 Å². The van der Waals surface area contributed by atoms with E-state index in [1.807, 2.05) is 24.3 Å². The van der Waals surface area contributed by atoms with Crippen LogP contribution in [-0.2, 0) is 16.1 Å². The molecule has 0 fully saturated rings. The maximum Gasteiger partial charge on any atom is 0.313 e. The highest BCUT2D eigenvalue weighted by Crippen LogP contribution is 2.12. The summed E-state index contributed by atoms with van der Waals surface area (Å²) in [6, 6.07) is 7.39. The number of carbonyl (C=O) groups excluding carboxylic acids is 1. The third-order valence-electron chi connectivity index (χ3n) is 2.08. The molecule has 0 spiro atoms. The maximum absolute atomic E-state index is 11.4. The molecule has 0 saturated carbocycles. The van der Waals surface area contributed by atoms with Crippen LogP contribution in [0.25, 0.3) is 0 Å². The van der Waals surface area contributed by atoms with Crippen molar-refractivity contribution in [1.29, 1.82) is 0 Å². The number of rotatable bonds is 7. The molecule has 0 radical (unpaired) electrons. The predicted octanol–water partition coefficient (Wildman–Crippen LogP) is 1.13. The summed E-state index contributed by atoms with van der Waals surface area (Å²) in [6.07, 6.45) is 0. The van der Waals surface area contributed by atoms with Crippen molar-refractivity contribution < 1.29 is 19.4 Å². The highest BCUT2D eigenvalue weighted by molar-refractivity contribution is 8.00. The smallest absolute Gasteiger partial charge is 0.313 e. The van der Waals surface area contributed by atoms with Crippen molar-refractivity contribution in [2.75, 3.05) is 18.6 Å². The molecule has 5 nitrogen and oxygen atoms in total. The Morgan fingerprint density at radius 3 is 2.83 bits per heavy atom. The van der Waals surface area contributed by atoms with Crippen LogP contribution in [0.15, 0.2) is 24.3 Å². The molecule has 0 heterocycles. The molecule has 18 heavy (non-hydrogen) atoms. The molecule has 2 N–H and O–H groups in total. The number of hydrogen-bond donors (Lipinski definition) is 2. The van der Waals surface area contributed by atoms with Gasteiger partial charge < -0.3 is 15.2 Å². The monoisotopic (exact) mass is 269 g/mol. The van der Waals surface area contributed by atoms with Crippen LogP contribution in [0.5, 0.6) is 5.75 Å². The Bertz CT molecular complexity index is 422. The third-order valence-corrected chi connectivity index (χ3v) is 3.00. The number of aliphatic carboxylic acids is 1. The average Bonchev–Trinajstić information content (AvgIpc) is 2.36. The molecule has 0 aromatic heterocycles. The molecule has 0 atom stereocenters. The topological polar surface area (TPSA) is 75.6 Å². The summed E-state index contributed by atoms with van der Waals surface area (Å²) < 4.78 is 5.07. The van der Waals surface area contributed by atoms with Crippen LogP contribution in [0, 0.1) is 0 Å². The van der Waals surface area contributed by atoms with Crippen molar-refractivity contribution in [2.24, 2.45) is 0 Å². The minimum atomic E-state index is -0.916. The van der Waals surface area contributed by atoms with Crippen LogP contribution in [0.1, 0.15) is 5.56 Å². The molecule has 0 unspecified atom stereocenters. The van der Waals surface area contributed by atoms with Crippen molar-refractivity contribution in [3.63, 3.8) is 0 Å². The van der Waals surface area contributed by atoms with E-state index in [2.05, 4.69) is 5.32 Å². The van der Waals surface area contributed by atoms with Crippen LogP contribution in [0.2, 0.25) is 0 Å².